The fourth-order valence-corrected chi connectivity index (χ4v) is 4.24. The molecular weight excluding hydrogens is 392 g/mol. The highest BCUT2D eigenvalue weighted by Crippen LogP contribution is 2.21. The summed E-state index contributed by atoms with van der Waals surface area (Å²) in [5.74, 6) is -1.12. The van der Waals surface area contributed by atoms with Crippen LogP contribution in [0.25, 0.3) is 10.9 Å². The maximum Gasteiger partial charge on any atom is 0.338 e. The summed E-state index contributed by atoms with van der Waals surface area (Å²) in [6.45, 7) is 4.89. The summed E-state index contributed by atoms with van der Waals surface area (Å²) in [5, 5.41) is 0.744. The molecule has 0 radical (unpaired) electrons. The first-order chi connectivity index (χ1) is 13.7. The first kappa shape index (κ1) is 20.8. The van der Waals surface area contributed by atoms with E-state index in [1.165, 1.54) is 31.2 Å². The SMILES string of the molecule is CC(C)NS(=O)(=O)c1cccc(C(=O)O[C@H](C)C(=O)c2c[nH]c3ccccc23)c1. The largest absolute Gasteiger partial charge is 0.451 e. The van der Waals surface area contributed by atoms with Crippen LogP contribution in [-0.2, 0) is 14.8 Å². The van der Waals surface area contributed by atoms with Gasteiger partial charge in [0.2, 0.25) is 15.8 Å². The van der Waals surface area contributed by atoms with Crippen LogP contribution in [0.3, 0.4) is 0 Å². The summed E-state index contributed by atoms with van der Waals surface area (Å²) < 4.78 is 32.4. The number of carbonyl (C=O) groups excluding carboxylic acids is 2. The van der Waals surface area contributed by atoms with Crippen LogP contribution in [0.4, 0.5) is 0 Å². The third kappa shape index (κ3) is 4.55. The van der Waals surface area contributed by atoms with Crippen LogP contribution in [0.1, 0.15) is 41.5 Å². The Bertz CT molecular complexity index is 1160. The van der Waals surface area contributed by atoms with Gasteiger partial charge in [-0.15, -0.1) is 0 Å². The van der Waals surface area contributed by atoms with E-state index >= 15 is 0 Å². The van der Waals surface area contributed by atoms with Crippen LogP contribution in [-0.4, -0.2) is 37.3 Å². The number of aromatic amines is 1. The second-order valence-electron chi connectivity index (χ2n) is 6.96. The van der Waals surface area contributed by atoms with Crippen molar-refractivity contribution in [3.8, 4) is 0 Å². The lowest BCUT2D eigenvalue weighted by molar-refractivity contribution is 0.0319. The van der Waals surface area contributed by atoms with Gasteiger partial charge in [-0.3, -0.25) is 4.79 Å². The van der Waals surface area contributed by atoms with Crippen LogP contribution in [0.5, 0.6) is 0 Å². The molecule has 1 atom stereocenters. The van der Waals surface area contributed by atoms with Crippen molar-refractivity contribution in [1.82, 2.24) is 9.71 Å². The van der Waals surface area contributed by atoms with Gasteiger partial charge in [0, 0.05) is 28.7 Å². The van der Waals surface area contributed by atoms with Gasteiger partial charge in [-0.25, -0.2) is 17.9 Å². The van der Waals surface area contributed by atoms with Crippen molar-refractivity contribution in [3.05, 3.63) is 65.9 Å². The Morgan fingerprint density at radius 3 is 2.48 bits per heavy atom. The molecule has 0 amide bonds. The monoisotopic (exact) mass is 414 g/mol. The van der Waals surface area contributed by atoms with Gasteiger partial charge in [-0.2, -0.15) is 0 Å². The number of Topliss-reactive ketones (excluding diaryl/α,β-unsaturated/α-hetero) is 1. The summed E-state index contributed by atoms with van der Waals surface area (Å²) in [7, 11) is -3.75. The van der Waals surface area contributed by atoms with Crippen molar-refractivity contribution < 1.29 is 22.7 Å². The molecule has 0 aliphatic heterocycles. The number of H-pyrrole nitrogens is 1. The van der Waals surface area contributed by atoms with E-state index in [2.05, 4.69) is 9.71 Å². The van der Waals surface area contributed by atoms with E-state index in [1.807, 2.05) is 24.3 Å². The molecule has 2 aromatic carbocycles. The molecule has 2 N–H and O–H groups in total. The Morgan fingerprint density at radius 2 is 1.76 bits per heavy atom. The first-order valence-corrected chi connectivity index (χ1v) is 10.6. The third-order valence-electron chi connectivity index (χ3n) is 4.28. The first-order valence-electron chi connectivity index (χ1n) is 9.13. The zero-order valence-electron chi connectivity index (χ0n) is 16.3. The van der Waals surface area contributed by atoms with Crippen LogP contribution in [0.15, 0.2) is 59.6 Å². The molecule has 152 valence electrons. The molecule has 3 aromatic rings. The highest BCUT2D eigenvalue weighted by atomic mass is 32.2. The molecule has 8 heteroatoms. The van der Waals surface area contributed by atoms with Gasteiger partial charge in [-0.1, -0.05) is 24.3 Å². The highest BCUT2D eigenvalue weighted by Gasteiger charge is 2.24. The van der Waals surface area contributed by atoms with Crippen molar-refractivity contribution in [1.29, 1.82) is 0 Å². The zero-order valence-corrected chi connectivity index (χ0v) is 17.1. The summed E-state index contributed by atoms with van der Waals surface area (Å²) in [6, 6.07) is 12.6. The van der Waals surface area contributed by atoms with E-state index in [1.54, 1.807) is 20.0 Å². The second kappa shape index (κ2) is 8.18. The predicted octanol–water partition coefficient (Wildman–Crippen LogP) is 3.28. The smallest absolute Gasteiger partial charge is 0.338 e. The number of sulfonamides is 1. The Kier molecular flexibility index (Phi) is 5.86. The Balaban J connectivity index is 1.78. The van der Waals surface area contributed by atoms with Crippen molar-refractivity contribution in [3.63, 3.8) is 0 Å². The average molecular weight is 414 g/mol. The normalized spacial score (nSPS) is 12.8. The maximum absolute atomic E-state index is 12.7. The van der Waals surface area contributed by atoms with E-state index in [-0.39, 0.29) is 22.3 Å². The van der Waals surface area contributed by atoms with Gasteiger partial charge in [-0.05, 0) is 45.0 Å². The van der Waals surface area contributed by atoms with Crippen molar-refractivity contribution >= 4 is 32.7 Å². The van der Waals surface area contributed by atoms with Crippen LogP contribution < -0.4 is 4.72 Å². The fraction of sp³-hybridized carbons (Fsp3) is 0.238. The quantitative estimate of drug-likeness (QED) is 0.456. The summed E-state index contributed by atoms with van der Waals surface area (Å²) in [4.78, 5) is 28.2. The number of benzene rings is 2. The van der Waals surface area contributed by atoms with Crippen molar-refractivity contribution in [2.75, 3.05) is 0 Å². The minimum Gasteiger partial charge on any atom is -0.451 e. The van der Waals surface area contributed by atoms with E-state index in [4.69, 9.17) is 4.74 Å². The lowest BCUT2D eigenvalue weighted by atomic mass is 10.1. The van der Waals surface area contributed by atoms with Gasteiger partial charge in [0.1, 0.15) is 0 Å². The van der Waals surface area contributed by atoms with Crippen molar-refractivity contribution in [2.45, 2.75) is 37.8 Å². The second-order valence-corrected chi connectivity index (χ2v) is 8.68. The molecule has 0 unspecified atom stereocenters. The van der Waals surface area contributed by atoms with Gasteiger partial charge in [0.05, 0.1) is 10.5 Å². The minimum atomic E-state index is -3.75. The van der Waals surface area contributed by atoms with Gasteiger partial charge in [0.25, 0.3) is 0 Å². The number of hydrogen-bond acceptors (Lipinski definition) is 5. The third-order valence-corrected chi connectivity index (χ3v) is 5.93. The number of nitrogens with one attached hydrogen (secondary N) is 2. The topological polar surface area (TPSA) is 105 Å². The highest BCUT2D eigenvalue weighted by molar-refractivity contribution is 7.89. The van der Waals surface area contributed by atoms with Crippen molar-refractivity contribution in [2.24, 2.45) is 0 Å². The van der Waals surface area contributed by atoms with E-state index in [0.29, 0.717) is 5.56 Å². The number of para-hydroxylation sites is 1. The molecule has 0 saturated heterocycles. The number of rotatable bonds is 7. The lowest BCUT2D eigenvalue weighted by Crippen LogP contribution is -2.30. The molecule has 0 fully saturated rings. The molecule has 0 saturated carbocycles. The molecule has 0 aliphatic carbocycles. The van der Waals surface area contributed by atoms with Gasteiger partial charge < -0.3 is 9.72 Å². The maximum atomic E-state index is 12.7. The Labute approximate surface area is 169 Å². The number of carbonyl (C=O) groups is 2. The summed E-state index contributed by atoms with van der Waals surface area (Å²) in [6.07, 6.45) is 0.554. The molecule has 1 heterocycles. The van der Waals surface area contributed by atoms with E-state index in [9.17, 15) is 18.0 Å². The molecule has 0 spiro atoms. The van der Waals surface area contributed by atoms with E-state index < -0.39 is 22.1 Å². The van der Waals surface area contributed by atoms with Gasteiger partial charge >= 0.3 is 5.97 Å². The summed E-state index contributed by atoms with van der Waals surface area (Å²) in [5.41, 5.74) is 1.29. The molecule has 29 heavy (non-hydrogen) atoms. The van der Waals surface area contributed by atoms with Gasteiger partial charge in [0.15, 0.2) is 6.10 Å². The Hall–Kier alpha value is -2.97. The molecule has 7 nitrogen and oxygen atoms in total. The van der Waals surface area contributed by atoms with Crippen LogP contribution in [0.2, 0.25) is 0 Å². The average Bonchev–Trinajstić information content (AvgIpc) is 3.10. The fourth-order valence-electron chi connectivity index (χ4n) is 2.95. The predicted molar refractivity (Wildman–Crippen MR) is 109 cm³/mol. The number of aromatic nitrogens is 1. The zero-order chi connectivity index (χ0) is 21.2. The minimum absolute atomic E-state index is 0.0451. The summed E-state index contributed by atoms with van der Waals surface area (Å²) >= 11 is 0. The van der Waals surface area contributed by atoms with Crippen LogP contribution >= 0.6 is 0 Å². The molecule has 1 aromatic heterocycles. The Morgan fingerprint density at radius 1 is 1.03 bits per heavy atom. The molecule has 3 rings (SSSR count). The lowest BCUT2D eigenvalue weighted by Gasteiger charge is -2.13. The molecule has 0 aliphatic rings. The van der Waals surface area contributed by atoms with E-state index in [0.717, 1.165) is 10.9 Å². The molecular formula is C21H22N2O5S. The number of fused-ring (bicyclic) bond motifs is 1. The number of ketones is 1. The number of esters is 1. The number of hydrogen-bond donors (Lipinski definition) is 2. The van der Waals surface area contributed by atoms with Crippen LogP contribution in [0, 0.1) is 0 Å². The molecule has 0 bridgehead atoms. The number of ether oxygens (including phenoxy) is 1. The standard InChI is InChI=1S/C21H22N2O5S/c1-13(2)23-29(26,27)16-8-6-7-15(11-16)21(25)28-14(3)20(24)18-12-22-19-10-5-4-9-17(18)19/h4-14,22-23H,1-3H3/t14-/m1/s1.